The molecule has 1 fully saturated rings. The molecule has 0 aromatic heterocycles. The van der Waals surface area contributed by atoms with Crippen LogP contribution in [0.15, 0.2) is 0 Å². The molecule has 0 aliphatic heterocycles. The van der Waals surface area contributed by atoms with Crippen molar-refractivity contribution in [3.05, 3.63) is 0 Å². The molecular formula is C13H22N2O6. The third-order valence-electron chi connectivity index (χ3n) is 3.75. The number of carboxylic acids is 2. The van der Waals surface area contributed by atoms with Crippen molar-refractivity contribution in [3.8, 4) is 0 Å². The normalized spacial score (nSPS) is 23.1. The van der Waals surface area contributed by atoms with Crippen LogP contribution in [0.25, 0.3) is 0 Å². The van der Waals surface area contributed by atoms with E-state index >= 15 is 0 Å². The molecule has 1 aliphatic carbocycles. The average molecular weight is 302 g/mol. The van der Waals surface area contributed by atoms with Crippen molar-refractivity contribution in [2.24, 2.45) is 0 Å². The summed E-state index contributed by atoms with van der Waals surface area (Å²) < 4.78 is 0. The van der Waals surface area contributed by atoms with Gasteiger partial charge in [0.2, 0.25) is 0 Å². The van der Waals surface area contributed by atoms with Crippen molar-refractivity contribution in [2.75, 3.05) is 7.05 Å². The highest BCUT2D eigenvalue weighted by atomic mass is 16.4. The number of aliphatic hydroxyl groups excluding tert-OH is 1. The first-order chi connectivity index (χ1) is 9.82. The Balaban J connectivity index is 2.59. The summed E-state index contributed by atoms with van der Waals surface area (Å²) in [6.07, 6.45) is 1.95. The molecule has 0 saturated heterocycles. The monoisotopic (exact) mass is 302 g/mol. The molecule has 1 rings (SSSR count). The third kappa shape index (κ3) is 5.22. The van der Waals surface area contributed by atoms with Crippen LogP contribution in [0.5, 0.6) is 0 Å². The number of carbonyl (C=O) groups is 3. The Morgan fingerprint density at radius 1 is 1.24 bits per heavy atom. The maximum atomic E-state index is 12.0. The number of carboxylic acid groups (broad SMARTS) is 2. The van der Waals surface area contributed by atoms with Crippen LogP contribution in [0.2, 0.25) is 0 Å². The van der Waals surface area contributed by atoms with Crippen molar-refractivity contribution in [1.29, 1.82) is 0 Å². The molecule has 0 bridgehead atoms. The predicted molar refractivity (Wildman–Crippen MR) is 72.9 cm³/mol. The molecular weight excluding hydrogens is 280 g/mol. The van der Waals surface area contributed by atoms with E-state index in [-0.39, 0.29) is 18.9 Å². The van der Waals surface area contributed by atoms with Gasteiger partial charge in [0.1, 0.15) is 6.04 Å². The first-order valence-corrected chi connectivity index (χ1v) is 6.99. The van der Waals surface area contributed by atoms with Gasteiger partial charge in [-0.1, -0.05) is 12.8 Å². The zero-order valence-electron chi connectivity index (χ0n) is 12.0. The minimum atomic E-state index is -1.28. The molecule has 3 atom stereocenters. The molecule has 0 aromatic carbocycles. The fraction of sp³-hybridized carbons (Fsp3) is 0.769. The van der Waals surface area contributed by atoms with Crippen LogP contribution in [0.4, 0.5) is 4.79 Å². The highest BCUT2D eigenvalue weighted by molar-refractivity contribution is 5.83. The first-order valence-electron chi connectivity index (χ1n) is 6.99. The van der Waals surface area contributed by atoms with Crippen LogP contribution in [-0.4, -0.2) is 63.4 Å². The molecule has 0 spiro atoms. The molecule has 8 nitrogen and oxygen atoms in total. The summed E-state index contributed by atoms with van der Waals surface area (Å²) >= 11 is 0. The highest BCUT2D eigenvalue weighted by Gasteiger charge is 2.31. The van der Waals surface area contributed by atoms with E-state index in [1.165, 1.54) is 11.9 Å². The van der Waals surface area contributed by atoms with Crippen LogP contribution in [0.3, 0.4) is 0 Å². The molecule has 1 saturated carbocycles. The van der Waals surface area contributed by atoms with E-state index in [0.29, 0.717) is 12.8 Å². The molecule has 2 amide bonds. The summed E-state index contributed by atoms with van der Waals surface area (Å²) in [4.78, 5) is 34.9. The summed E-state index contributed by atoms with van der Waals surface area (Å²) in [5.74, 6) is -2.39. The van der Waals surface area contributed by atoms with Gasteiger partial charge in [-0.3, -0.25) is 4.79 Å². The SMILES string of the molecule is CN(C(=O)N[C@@H](CCC(=O)O)C(=O)O)C1CCCCC1O. The Labute approximate surface area is 122 Å². The first kappa shape index (κ1) is 17.2. The Bertz CT molecular complexity index is 400. The maximum Gasteiger partial charge on any atom is 0.326 e. The molecule has 0 aromatic rings. The number of hydrogen-bond acceptors (Lipinski definition) is 4. The number of rotatable bonds is 6. The summed E-state index contributed by atoms with van der Waals surface area (Å²) in [6.45, 7) is 0. The van der Waals surface area contributed by atoms with Gasteiger partial charge in [0.15, 0.2) is 0 Å². The van der Waals surface area contributed by atoms with Crippen molar-refractivity contribution in [3.63, 3.8) is 0 Å². The Morgan fingerprint density at radius 3 is 2.38 bits per heavy atom. The van der Waals surface area contributed by atoms with Gasteiger partial charge < -0.3 is 25.5 Å². The van der Waals surface area contributed by atoms with Crippen LogP contribution in [-0.2, 0) is 9.59 Å². The van der Waals surface area contributed by atoms with E-state index in [0.717, 1.165) is 12.8 Å². The lowest BCUT2D eigenvalue weighted by molar-refractivity contribution is -0.140. The molecule has 0 radical (unpaired) electrons. The van der Waals surface area contributed by atoms with Gasteiger partial charge in [0.05, 0.1) is 12.1 Å². The second kappa shape index (κ2) is 7.82. The summed E-state index contributed by atoms with van der Waals surface area (Å²) in [5, 5.41) is 29.8. The second-order valence-corrected chi connectivity index (χ2v) is 5.30. The van der Waals surface area contributed by atoms with E-state index in [1.54, 1.807) is 0 Å². The van der Waals surface area contributed by atoms with Gasteiger partial charge in [-0.15, -0.1) is 0 Å². The zero-order valence-corrected chi connectivity index (χ0v) is 12.0. The number of nitrogens with zero attached hydrogens (tertiary/aromatic N) is 1. The second-order valence-electron chi connectivity index (χ2n) is 5.30. The lowest BCUT2D eigenvalue weighted by atomic mass is 9.92. The number of hydrogen-bond donors (Lipinski definition) is 4. The van der Waals surface area contributed by atoms with Gasteiger partial charge in [-0.2, -0.15) is 0 Å². The van der Waals surface area contributed by atoms with E-state index in [2.05, 4.69) is 5.32 Å². The summed E-state index contributed by atoms with van der Waals surface area (Å²) in [7, 11) is 1.50. The zero-order chi connectivity index (χ0) is 16.0. The van der Waals surface area contributed by atoms with E-state index in [9.17, 15) is 19.5 Å². The number of aliphatic carboxylic acids is 2. The average Bonchev–Trinajstić information content (AvgIpc) is 2.42. The van der Waals surface area contributed by atoms with Crippen LogP contribution in [0.1, 0.15) is 38.5 Å². The van der Waals surface area contributed by atoms with E-state index < -0.39 is 30.1 Å². The number of amides is 2. The lowest BCUT2D eigenvalue weighted by Gasteiger charge is -2.35. The van der Waals surface area contributed by atoms with Crippen LogP contribution in [0, 0.1) is 0 Å². The molecule has 1 aliphatic rings. The van der Waals surface area contributed by atoms with Crippen molar-refractivity contribution < 1.29 is 29.7 Å². The molecule has 0 heterocycles. The van der Waals surface area contributed by atoms with Crippen LogP contribution >= 0.6 is 0 Å². The lowest BCUT2D eigenvalue weighted by Crippen LogP contribution is -2.53. The maximum absolute atomic E-state index is 12.0. The Kier molecular flexibility index (Phi) is 6.41. The minimum Gasteiger partial charge on any atom is -0.481 e. The molecule has 2 unspecified atom stereocenters. The number of aliphatic hydroxyl groups is 1. The van der Waals surface area contributed by atoms with Crippen molar-refractivity contribution >= 4 is 18.0 Å². The highest BCUT2D eigenvalue weighted by Crippen LogP contribution is 2.22. The van der Waals surface area contributed by atoms with Gasteiger partial charge in [0, 0.05) is 13.5 Å². The molecule has 120 valence electrons. The smallest absolute Gasteiger partial charge is 0.326 e. The van der Waals surface area contributed by atoms with E-state index in [4.69, 9.17) is 10.2 Å². The standard InChI is InChI=1S/C13H22N2O6/c1-15(9-4-2-3-5-10(9)16)13(21)14-8(12(19)20)6-7-11(17)18/h8-10,16H,2-7H2,1H3,(H,14,21)(H,17,18)(H,19,20)/t8-,9?,10?/m0/s1. The molecule has 8 heteroatoms. The number of likely N-dealkylation sites (N-methyl/N-ethyl adjacent to an activating group) is 1. The van der Waals surface area contributed by atoms with Gasteiger partial charge in [-0.05, 0) is 19.3 Å². The van der Waals surface area contributed by atoms with Crippen molar-refractivity contribution in [1.82, 2.24) is 10.2 Å². The Morgan fingerprint density at radius 2 is 1.86 bits per heavy atom. The van der Waals surface area contributed by atoms with Crippen LogP contribution < -0.4 is 5.32 Å². The molecule has 4 N–H and O–H groups in total. The topological polar surface area (TPSA) is 127 Å². The van der Waals surface area contributed by atoms with Crippen molar-refractivity contribution in [2.45, 2.75) is 56.7 Å². The largest absolute Gasteiger partial charge is 0.481 e. The predicted octanol–water partition coefficient (Wildman–Crippen LogP) is 0.249. The Hall–Kier alpha value is -1.83. The number of nitrogens with one attached hydrogen (secondary N) is 1. The fourth-order valence-electron chi connectivity index (χ4n) is 2.47. The number of carbonyl (C=O) groups excluding carboxylic acids is 1. The van der Waals surface area contributed by atoms with E-state index in [1.807, 2.05) is 0 Å². The quantitative estimate of drug-likeness (QED) is 0.557. The summed E-state index contributed by atoms with van der Waals surface area (Å²) in [5.41, 5.74) is 0. The molecule has 21 heavy (non-hydrogen) atoms. The third-order valence-corrected chi connectivity index (χ3v) is 3.75. The van der Waals surface area contributed by atoms with Gasteiger partial charge in [0.25, 0.3) is 0 Å². The summed E-state index contributed by atoms with van der Waals surface area (Å²) in [6, 6.07) is -2.21. The fourth-order valence-corrected chi connectivity index (χ4v) is 2.47. The van der Waals surface area contributed by atoms with Gasteiger partial charge in [-0.25, -0.2) is 9.59 Å². The number of urea groups is 1. The van der Waals surface area contributed by atoms with Gasteiger partial charge >= 0.3 is 18.0 Å². The minimum absolute atomic E-state index is 0.183.